The maximum Gasteiger partial charge on any atom is 0.237 e. The van der Waals surface area contributed by atoms with Crippen LogP contribution in [-0.2, 0) is 11.8 Å². The summed E-state index contributed by atoms with van der Waals surface area (Å²) in [5, 5.41) is 11.8. The van der Waals surface area contributed by atoms with Crippen LogP contribution in [0.2, 0.25) is 0 Å². The molecule has 0 unspecified atom stereocenters. The van der Waals surface area contributed by atoms with Gasteiger partial charge in [-0.05, 0) is 36.4 Å². The Morgan fingerprint density at radius 3 is 2.60 bits per heavy atom. The molecular weight excluding hydrogens is 274 g/mol. The second-order valence-corrected chi connectivity index (χ2v) is 5.51. The number of thioether (sulfide) groups is 1. The van der Waals surface area contributed by atoms with Gasteiger partial charge >= 0.3 is 0 Å². The fourth-order valence-corrected chi connectivity index (χ4v) is 2.57. The summed E-state index contributed by atoms with van der Waals surface area (Å²) >= 11 is 1.34. The first kappa shape index (κ1) is 14.5. The molecule has 0 N–H and O–H groups in total. The van der Waals surface area contributed by atoms with E-state index in [1.54, 1.807) is 16.6 Å². The molecule has 1 aromatic carbocycles. The number of hydrogen-bond donors (Lipinski definition) is 0. The number of anilines is 1. The fourth-order valence-electron chi connectivity index (χ4n) is 1.86. The molecule has 106 valence electrons. The molecule has 0 aliphatic heterocycles. The molecule has 6 nitrogen and oxygen atoms in total. The Morgan fingerprint density at radius 2 is 2.05 bits per heavy atom. The van der Waals surface area contributed by atoms with Crippen LogP contribution >= 0.6 is 11.8 Å². The molecule has 7 heteroatoms. The maximum atomic E-state index is 12.4. The van der Waals surface area contributed by atoms with Crippen molar-refractivity contribution in [2.45, 2.75) is 25.0 Å². The van der Waals surface area contributed by atoms with Crippen LogP contribution in [-0.4, -0.2) is 37.9 Å². The maximum absolute atomic E-state index is 12.4. The molecule has 0 aliphatic carbocycles. The zero-order valence-corrected chi connectivity index (χ0v) is 12.5. The first-order valence-corrected chi connectivity index (χ1v) is 7.30. The number of carbonyl (C=O) groups excluding carboxylic acids is 1. The molecule has 0 saturated carbocycles. The monoisotopic (exact) mass is 291 g/mol. The lowest BCUT2D eigenvalue weighted by atomic mass is 10.2. The standard InChI is InChI=1S/C13H17N5OS/c1-10(2)18(11-7-5-4-6-8-11)12(19)9-20-13-14-15-16-17(13)3/h4-8,10H,9H2,1-3H3. The molecule has 2 rings (SSSR count). The van der Waals surface area contributed by atoms with E-state index in [1.807, 2.05) is 44.2 Å². The molecule has 0 atom stereocenters. The first-order valence-electron chi connectivity index (χ1n) is 6.32. The number of aryl methyl sites for hydroxylation is 1. The molecule has 1 aromatic heterocycles. The van der Waals surface area contributed by atoms with Gasteiger partial charge in [0.05, 0.1) is 5.75 Å². The third-order valence-electron chi connectivity index (χ3n) is 2.73. The Kier molecular flexibility index (Phi) is 4.73. The lowest BCUT2D eigenvalue weighted by Crippen LogP contribution is -2.38. The number of amides is 1. The van der Waals surface area contributed by atoms with E-state index in [-0.39, 0.29) is 11.9 Å². The van der Waals surface area contributed by atoms with Crippen molar-refractivity contribution in [3.8, 4) is 0 Å². The molecule has 0 radical (unpaired) electrons. The third-order valence-corrected chi connectivity index (χ3v) is 3.72. The summed E-state index contributed by atoms with van der Waals surface area (Å²) in [7, 11) is 1.75. The molecule has 0 spiro atoms. The molecule has 2 aromatic rings. The normalized spacial score (nSPS) is 10.8. The first-order chi connectivity index (χ1) is 9.59. The number of carbonyl (C=O) groups is 1. The number of aromatic nitrogens is 4. The zero-order valence-electron chi connectivity index (χ0n) is 11.7. The van der Waals surface area contributed by atoms with Crippen LogP contribution in [0.1, 0.15) is 13.8 Å². The van der Waals surface area contributed by atoms with Crippen LogP contribution in [0.3, 0.4) is 0 Å². The van der Waals surface area contributed by atoms with Crippen molar-refractivity contribution in [1.29, 1.82) is 0 Å². The van der Waals surface area contributed by atoms with E-state index in [1.165, 1.54) is 11.8 Å². The minimum atomic E-state index is 0.0409. The number of benzene rings is 1. The summed E-state index contributed by atoms with van der Waals surface area (Å²) in [5.41, 5.74) is 0.907. The van der Waals surface area contributed by atoms with E-state index >= 15 is 0 Å². The average Bonchev–Trinajstić information content (AvgIpc) is 2.83. The summed E-state index contributed by atoms with van der Waals surface area (Å²) < 4.78 is 1.56. The van der Waals surface area contributed by atoms with E-state index in [2.05, 4.69) is 15.5 Å². The van der Waals surface area contributed by atoms with E-state index < -0.39 is 0 Å². The number of rotatable bonds is 5. The highest BCUT2D eigenvalue weighted by Gasteiger charge is 2.19. The topological polar surface area (TPSA) is 63.9 Å². The Morgan fingerprint density at radius 1 is 1.35 bits per heavy atom. The highest BCUT2D eigenvalue weighted by molar-refractivity contribution is 7.99. The second-order valence-electron chi connectivity index (χ2n) is 4.57. The van der Waals surface area contributed by atoms with Gasteiger partial charge in [0, 0.05) is 18.8 Å². The SMILES string of the molecule is CC(C)N(C(=O)CSc1nnnn1C)c1ccccc1. The number of para-hydroxylation sites is 1. The van der Waals surface area contributed by atoms with E-state index in [0.717, 1.165) is 5.69 Å². The smallest absolute Gasteiger partial charge is 0.237 e. The molecular formula is C13H17N5OS. The minimum absolute atomic E-state index is 0.0409. The highest BCUT2D eigenvalue weighted by Crippen LogP contribution is 2.20. The van der Waals surface area contributed by atoms with Gasteiger partial charge in [0.15, 0.2) is 0 Å². The molecule has 1 heterocycles. The molecule has 0 aliphatic rings. The van der Waals surface area contributed by atoms with Crippen molar-refractivity contribution in [2.24, 2.45) is 7.05 Å². The molecule has 0 saturated heterocycles. The van der Waals surface area contributed by atoms with Crippen LogP contribution in [0, 0.1) is 0 Å². The van der Waals surface area contributed by atoms with Gasteiger partial charge in [-0.3, -0.25) is 4.79 Å². The quantitative estimate of drug-likeness (QED) is 0.785. The van der Waals surface area contributed by atoms with Crippen LogP contribution in [0.25, 0.3) is 0 Å². The summed E-state index contributed by atoms with van der Waals surface area (Å²) in [4.78, 5) is 14.2. The Hall–Kier alpha value is -1.89. The van der Waals surface area contributed by atoms with Crippen LogP contribution in [0.4, 0.5) is 5.69 Å². The van der Waals surface area contributed by atoms with Gasteiger partial charge in [0.2, 0.25) is 11.1 Å². The van der Waals surface area contributed by atoms with E-state index in [4.69, 9.17) is 0 Å². The predicted molar refractivity (Wildman–Crippen MR) is 78.6 cm³/mol. The van der Waals surface area contributed by atoms with Crippen molar-refractivity contribution >= 4 is 23.4 Å². The van der Waals surface area contributed by atoms with Crippen LogP contribution in [0.15, 0.2) is 35.5 Å². The largest absolute Gasteiger partial charge is 0.309 e. The van der Waals surface area contributed by atoms with E-state index in [0.29, 0.717) is 10.9 Å². The minimum Gasteiger partial charge on any atom is -0.309 e. The van der Waals surface area contributed by atoms with E-state index in [9.17, 15) is 4.79 Å². The van der Waals surface area contributed by atoms with Gasteiger partial charge in [-0.2, -0.15) is 0 Å². The molecule has 1 amide bonds. The van der Waals surface area contributed by atoms with Gasteiger partial charge in [-0.25, -0.2) is 4.68 Å². The highest BCUT2D eigenvalue weighted by atomic mass is 32.2. The predicted octanol–water partition coefficient (Wildman–Crippen LogP) is 1.74. The van der Waals surface area contributed by atoms with Crippen molar-refractivity contribution in [3.63, 3.8) is 0 Å². The summed E-state index contributed by atoms with van der Waals surface area (Å²) in [5.74, 6) is 0.348. The van der Waals surface area contributed by atoms with Crippen molar-refractivity contribution < 1.29 is 4.79 Å². The molecule has 0 fully saturated rings. The van der Waals surface area contributed by atoms with Crippen molar-refractivity contribution in [2.75, 3.05) is 10.7 Å². The number of nitrogens with zero attached hydrogens (tertiary/aromatic N) is 5. The van der Waals surface area contributed by atoms with Crippen LogP contribution in [0.5, 0.6) is 0 Å². The van der Waals surface area contributed by atoms with Crippen molar-refractivity contribution in [3.05, 3.63) is 30.3 Å². The van der Waals surface area contributed by atoms with Gasteiger partial charge in [-0.15, -0.1) is 5.10 Å². The van der Waals surface area contributed by atoms with Crippen LogP contribution < -0.4 is 4.90 Å². The Labute approximate surface area is 122 Å². The fraction of sp³-hybridized carbons (Fsp3) is 0.385. The van der Waals surface area contributed by atoms with Crippen molar-refractivity contribution in [1.82, 2.24) is 20.2 Å². The summed E-state index contributed by atoms with van der Waals surface area (Å²) in [6.07, 6.45) is 0. The van der Waals surface area contributed by atoms with Gasteiger partial charge in [0.1, 0.15) is 0 Å². The zero-order chi connectivity index (χ0) is 14.5. The third kappa shape index (κ3) is 3.36. The summed E-state index contributed by atoms with van der Waals surface area (Å²) in [6.45, 7) is 4.00. The summed E-state index contributed by atoms with van der Waals surface area (Å²) in [6, 6.07) is 9.77. The Balaban J connectivity index is 2.07. The van der Waals surface area contributed by atoms with Gasteiger partial charge in [0.25, 0.3) is 0 Å². The van der Waals surface area contributed by atoms with Gasteiger partial charge in [-0.1, -0.05) is 30.0 Å². The molecule has 20 heavy (non-hydrogen) atoms. The molecule has 0 bridgehead atoms. The number of hydrogen-bond acceptors (Lipinski definition) is 5. The Bertz CT molecular complexity index is 569. The lowest BCUT2D eigenvalue weighted by Gasteiger charge is -2.26. The lowest BCUT2D eigenvalue weighted by molar-refractivity contribution is -0.116. The second kappa shape index (κ2) is 6.51. The average molecular weight is 291 g/mol. The number of tetrazole rings is 1. The van der Waals surface area contributed by atoms with Gasteiger partial charge < -0.3 is 4.90 Å².